The van der Waals surface area contributed by atoms with Gasteiger partial charge in [0, 0.05) is 6.61 Å². The molecule has 0 unspecified atom stereocenters. The van der Waals surface area contributed by atoms with Crippen molar-refractivity contribution in [1.29, 1.82) is 0 Å². The topological polar surface area (TPSA) is 54.0 Å². The smallest absolute Gasteiger partial charge is 0.332 e. The van der Waals surface area contributed by atoms with Crippen LogP contribution in [0.2, 0.25) is 0 Å². The summed E-state index contributed by atoms with van der Waals surface area (Å²) in [6.45, 7) is 10.5. The molecule has 0 aromatic heterocycles. The van der Waals surface area contributed by atoms with Gasteiger partial charge < -0.3 is 18.9 Å². The van der Waals surface area contributed by atoms with Gasteiger partial charge in [-0.1, -0.05) is 39.0 Å². The molecule has 138 valence electrons. The molecule has 5 nitrogen and oxygen atoms in total. The van der Waals surface area contributed by atoms with E-state index < -0.39 is 5.60 Å². The molecule has 0 saturated heterocycles. The lowest BCUT2D eigenvalue weighted by molar-refractivity contribution is -0.160. The van der Waals surface area contributed by atoms with E-state index in [-0.39, 0.29) is 12.6 Å². The summed E-state index contributed by atoms with van der Waals surface area (Å²) in [4.78, 5) is 11.4. The van der Waals surface area contributed by atoms with Crippen molar-refractivity contribution in [3.8, 4) is 0 Å². The minimum atomic E-state index is -0.468. The van der Waals surface area contributed by atoms with E-state index in [0.717, 1.165) is 13.0 Å². The Morgan fingerprint density at radius 1 is 0.739 bits per heavy atom. The maximum Gasteiger partial charge on any atom is 0.332 e. The van der Waals surface area contributed by atoms with Gasteiger partial charge in [0.15, 0.2) is 0 Å². The van der Waals surface area contributed by atoms with Crippen molar-refractivity contribution in [3.63, 3.8) is 0 Å². The molecule has 0 spiro atoms. The highest BCUT2D eigenvalue weighted by atomic mass is 16.6. The number of rotatable bonds is 15. The summed E-state index contributed by atoms with van der Waals surface area (Å²) in [5.74, 6) is -0.347. The zero-order valence-corrected chi connectivity index (χ0v) is 15.5. The Labute approximate surface area is 142 Å². The molecule has 0 fully saturated rings. The average molecular weight is 332 g/mol. The summed E-state index contributed by atoms with van der Waals surface area (Å²) in [6, 6.07) is 0. The minimum Gasteiger partial charge on any atom is -0.458 e. The summed E-state index contributed by atoms with van der Waals surface area (Å²) in [5.41, 5.74) is -0.468. The number of carbonyl (C=O) groups excluding carboxylic acids is 1. The second-order valence-corrected chi connectivity index (χ2v) is 6.63. The average Bonchev–Trinajstić information content (AvgIpc) is 2.46. The van der Waals surface area contributed by atoms with Crippen LogP contribution in [0.4, 0.5) is 0 Å². The predicted molar refractivity (Wildman–Crippen MR) is 91.7 cm³/mol. The molecule has 23 heavy (non-hydrogen) atoms. The third kappa shape index (κ3) is 19.3. The molecule has 0 atom stereocenters. The van der Waals surface area contributed by atoms with Crippen molar-refractivity contribution in [1.82, 2.24) is 0 Å². The second kappa shape index (κ2) is 14.9. The molecule has 0 saturated carbocycles. The van der Waals surface area contributed by atoms with E-state index in [1.807, 2.05) is 20.8 Å². The van der Waals surface area contributed by atoms with Crippen LogP contribution < -0.4 is 0 Å². The first kappa shape index (κ1) is 22.4. The van der Waals surface area contributed by atoms with Crippen molar-refractivity contribution < 1.29 is 23.7 Å². The molecule has 0 aromatic carbocycles. The SMILES string of the molecule is CCCCCCCCOCCOCCOCC(=O)OC(C)(C)C. The third-order valence-corrected chi connectivity index (χ3v) is 3.03. The highest BCUT2D eigenvalue weighted by Crippen LogP contribution is 2.06. The highest BCUT2D eigenvalue weighted by molar-refractivity contribution is 5.71. The summed E-state index contributed by atoms with van der Waals surface area (Å²) >= 11 is 0. The summed E-state index contributed by atoms with van der Waals surface area (Å²) in [6.07, 6.45) is 7.65. The van der Waals surface area contributed by atoms with Crippen LogP contribution in [0.15, 0.2) is 0 Å². The Morgan fingerprint density at radius 3 is 1.87 bits per heavy atom. The Bertz CT molecular complexity index is 273. The van der Waals surface area contributed by atoms with Gasteiger partial charge in [-0.05, 0) is 27.2 Å². The van der Waals surface area contributed by atoms with Crippen LogP contribution in [-0.2, 0) is 23.7 Å². The zero-order chi connectivity index (χ0) is 17.4. The number of hydrogen-bond acceptors (Lipinski definition) is 5. The number of unbranched alkanes of at least 4 members (excludes halogenated alkanes) is 5. The third-order valence-electron chi connectivity index (χ3n) is 3.03. The largest absolute Gasteiger partial charge is 0.458 e. The van der Waals surface area contributed by atoms with Crippen LogP contribution in [0, 0.1) is 0 Å². The molecule has 0 aliphatic heterocycles. The van der Waals surface area contributed by atoms with Gasteiger partial charge in [-0.25, -0.2) is 4.79 Å². The molecular weight excluding hydrogens is 296 g/mol. The van der Waals surface area contributed by atoms with E-state index in [1.165, 1.54) is 32.1 Å². The van der Waals surface area contributed by atoms with Gasteiger partial charge in [-0.2, -0.15) is 0 Å². The minimum absolute atomic E-state index is 0.0326. The monoisotopic (exact) mass is 332 g/mol. The number of carbonyl (C=O) groups is 1. The van der Waals surface area contributed by atoms with Gasteiger partial charge in [0.05, 0.1) is 26.4 Å². The first-order chi connectivity index (χ1) is 11.0. The fourth-order valence-corrected chi connectivity index (χ4v) is 1.95. The molecule has 0 bridgehead atoms. The molecule has 0 N–H and O–H groups in total. The van der Waals surface area contributed by atoms with Crippen LogP contribution >= 0.6 is 0 Å². The number of esters is 1. The van der Waals surface area contributed by atoms with Crippen molar-refractivity contribution in [2.75, 3.05) is 39.6 Å². The van der Waals surface area contributed by atoms with Gasteiger partial charge in [0.1, 0.15) is 12.2 Å². The maximum atomic E-state index is 11.4. The molecule has 0 heterocycles. The molecule has 0 aliphatic carbocycles. The van der Waals surface area contributed by atoms with E-state index in [1.54, 1.807) is 0 Å². The van der Waals surface area contributed by atoms with E-state index >= 15 is 0 Å². The van der Waals surface area contributed by atoms with Crippen LogP contribution in [0.25, 0.3) is 0 Å². The normalized spacial score (nSPS) is 11.7. The van der Waals surface area contributed by atoms with Crippen molar-refractivity contribution in [2.45, 2.75) is 71.8 Å². The predicted octanol–water partition coefficient (Wildman–Crippen LogP) is 3.74. The van der Waals surface area contributed by atoms with E-state index in [2.05, 4.69) is 6.92 Å². The quantitative estimate of drug-likeness (QED) is 0.338. The molecule has 0 radical (unpaired) electrons. The van der Waals surface area contributed by atoms with Crippen LogP contribution in [0.1, 0.15) is 66.2 Å². The van der Waals surface area contributed by atoms with Crippen molar-refractivity contribution >= 4 is 5.97 Å². The van der Waals surface area contributed by atoms with E-state index in [0.29, 0.717) is 26.4 Å². The zero-order valence-electron chi connectivity index (χ0n) is 15.5. The molecule has 0 amide bonds. The van der Waals surface area contributed by atoms with Gasteiger partial charge in [0.2, 0.25) is 0 Å². The van der Waals surface area contributed by atoms with E-state index in [4.69, 9.17) is 18.9 Å². The summed E-state index contributed by atoms with van der Waals surface area (Å²) in [5, 5.41) is 0. The molecule has 0 aliphatic rings. The fraction of sp³-hybridized carbons (Fsp3) is 0.944. The number of hydrogen-bond donors (Lipinski definition) is 0. The lowest BCUT2D eigenvalue weighted by Crippen LogP contribution is -2.27. The lowest BCUT2D eigenvalue weighted by atomic mass is 10.1. The second-order valence-electron chi connectivity index (χ2n) is 6.63. The highest BCUT2D eigenvalue weighted by Gasteiger charge is 2.15. The Balaban J connectivity index is 3.15. The molecule has 0 aromatic rings. The Kier molecular flexibility index (Phi) is 14.5. The molecule has 5 heteroatoms. The van der Waals surface area contributed by atoms with Crippen LogP contribution in [0.5, 0.6) is 0 Å². The summed E-state index contributed by atoms with van der Waals surface area (Å²) < 4.78 is 21.2. The fourth-order valence-electron chi connectivity index (χ4n) is 1.95. The van der Waals surface area contributed by atoms with Gasteiger partial charge in [0.25, 0.3) is 0 Å². The Morgan fingerprint density at radius 2 is 1.26 bits per heavy atom. The number of ether oxygens (including phenoxy) is 4. The van der Waals surface area contributed by atoms with Crippen LogP contribution in [-0.4, -0.2) is 51.2 Å². The van der Waals surface area contributed by atoms with Crippen molar-refractivity contribution in [3.05, 3.63) is 0 Å². The summed E-state index contributed by atoms with van der Waals surface area (Å²) in [7, 11) is 0. The lowest BCUT2D eigenvalue weighted by Gasteiger charge is -2.19. The molecule has 0 rings (SSSR count). The first-order valence-electron chi connectivity index (χ1n) is 8.91. The van der Waals surface area contributed by atoms with Gasteiger partial charge in [-0.15, -0.1) is 0 Å². The molecular formula is C18H36O5. The van der Waals surface area contributed by atoms with Gasteiger partial charge in [-0.3, -0.25) is 0 Å². The van der Waals surface area contributed by atoms with Gasteiger partial charge >= 0.3 is 5.97 Å². The van der Waals surface area contributed by atoms with E-state index in [9.17, 15) is 4.79 Å². The standard InChI is InChI=1S/C18H36O5/c1-5-6-7-8-9-10-11-20-12-13-21-14-15-22-16-17(19)23-18(2,3)4/h5-16H2,1-4H3. The maximum absolute atomic E-state index is 11.4. The Hall–Kier alpha value is -0.650. The van der Waals surface area contributed by atoms with Crippen molar-refractivity contribution in [2.24, 2.45) is 0 Å². The van der Waals surface area contributed by atoms with Crippen LogP contribution in [0.3, 0.4) is 0 Å². The first-order valence-corrected chi connectivity index (χ1v) is 8.91.